The van der Waals surface area contributed by atoms with Crippen LogP contribution in [0.15, 0.2) is 29.0 Å². The van der Waals surface area contributed by atoms with E-state index in [1.165, 1.54) is 5.56 Å². The molecule has 0 radical (unpaired) electrons. The predicted octanol–water partition coefficient (Wildman–Crippen LogP) is 1.54. The van der Waals surface area contributed by atoms with Crippen LogP contribution in [0.3, 0.4) is 0 Å². The first-order chi connectivity index (χ1) is 8.83. The zero-order chi connectivity index (χ0) is 12.4. The number of pyridine rings is 1. The van der Waals surface area contributed by atoms with Gasteiger partial charge in [0.15, 0.2) is 5.82 Å². The molecule has 0 bridgehead atoms. The van der Waals surface area contributed by atoms with Gasteiger partial charge in [-0.15, -0.1) is 0 Å². The Balaban J connectivity index is 1.66. The van der Waals surface area contributed by atoms with Crippen LogP contribution in [0.5, 0.6) is 0 Å². The van der Waals surface area contributed by atoms with Gasteiger partial charge in [-0.25, -0.2) is 4.98 Å². The second-order valence-corrected chi connectivity index (χ2v) is 4.05. The van der Waals surface area contributed by atoms with Crippen LogP contribution in [0.25, 0.3) is 11.0 Å². The molecule has 6 heteroatoms. The number of hydrogen-bond acceptors (Lipinski definition) is 5. The topological polar surface area (TPSA) is 79.6 Å². The number of fused-ring (bicyclic) bond motifs is 1. The van der Waals surface area contributed by atoms with E-state index in [9.17, 15) is 0 Å². The third-order valence-corrected chi connectivity index (χ3v) is 2.70. The second-order valence-electron chi connectivity index (χ2n) is 4.05. The average molecular weight is 243 g/mol. The van der Waals surface area contributed by atoms with Crippen molar-refractivity contribution in [1.82, 2.24) is 25.4 Å². The molecule has 0 fully saturated rings. The normalized spacial score (nSPS) is 11.2. The fraction of sp³-hybridized carbons (Fsp3) is 0.250. The molecule has 0 atom stereocenters. The Morgan fingerprint density at radius 1 is 1.39 bits per heavy atom. The second kappa shape index (κ2) is 4.58. The van der Waals surface area contributed by atoms with Crippen LogP contribution < -0.4 is 5.32 Å². The molecule has 0 aliphatic rings. The summed E-state index contributed by atoms with van der Waals surface area (Å²) in [6, 6.07) is 3.98. The van der Waals surface area contributed by atoms with Gasteiger partial charge in [0.2, 0.25) is 5.89 Å². The molecule has 0 aromatic carbocycles. The van der Waals surface area contributed by atoms with E-state index in [-0.39, 0.29) is 0 Å². The van der Waals surface area contributed by atoms with Crippen molar-refractivity contribution in [3.8, 4) is 0 Å². The zero-order valence-electron chi connectivity index (χ0n) is 9.97. The first-order valence-corrected chi connectivity index (χ1v) is 5.74. The van der Waals surface area contributed by atoms with Crippen molar-refractivity contribution >= 4 is 11.0 Å². The Labute approximate surface area is 103 Å². The average Bonchev–Trinajstić information content (AvgIpc) is 2.97. The van der Waals surface area contributed by atoms with Crippen molar-refractivity contribution in [3.05, 3.63) is 41.8 Å². The SMILES string of the molecule is Cc1noc(CNCc2c[nH]c3ncccc23)n1. The van der Waals surface area contributed by atoms with Gasteiger partial charge in [0, 0.05) is 24.3 Å². The molecule has 0 aliphatic heterocycles. The highest BCUT2D eigenvalue weighted by Gasteiger charge is 2.05. The molecule has 0 saturated carbocycles. The van der Waals surface area contributed by atoms with Crippen molar-refractivity contribution in [2.45, 2.75) is 20.0 Å². The molecule has 3 rings (SSSR count). The maximum Gasteiger partial charge on any atom is 0.240 e. The number of rotatable bonds is 4. The maximum atomic E-state index is 5.03. The number of aryl methyl sites for hydroxylation is 1. The van der Waals surface area contributed by atoms with Crippen molar-refractivity contribution in [3.63, 3.8) is 0 Å². The molecule has 3 heterocycles. The molecule has 92 valence electrons. The number of H-pyrrole nitrogens is 1. The van der Waals surface area contributed by atoms with Crippen molar-refractivity contribution < 1.29 is 4.52 Å². The standard InChI is InChI=1S/C12H13N5O/c1-8-16-11(18-17-8)7-13-5-9-6-15-12-10(9)3-2-4-14-12/h2-4,6,13H,5,7H2,1H3,(H,14,15). The summed E-state index contributed by atoms with van der Waals surface area (Å²) in [5.41, 5.74) is 2.08. The van der Waals surface area contributed by atoms with Crippen LogP contribution in [0.4, 0.5) is 0 Å². The van der Waals surface area contributed by atoms with E-state index in [0.717, 1.165) is 17.6 Å². The summed E-state index contributed by atoms with van der Waals surface area (Å²) in [7, 11) is 0. The van der Waals surface area contributed by atoms with Crippen molar-refractivity contribution in [2.24, 2.45) is 0 Å². The molecule has 0 unspecified atom stereocenters. The highest BCUT2D eigenvalue weighted by molar-refractivity contribution is 5.79. The van der Waals surface area contributed by atoms with Crippen LogP contribution in [0.2, 0.25) is 0 Å². The number of aromatic amines is 1. The van der Waals surface area contributed by atoms with Crippen LogP contribution >= 0.6 is 0 Å². The summed E-state index contributed by atoms with van der Waals surface area (Å²) in [5.74, 6) is 1.26. The highest BCUT2D eigenvalue weighted by atomic mass is 16.5. The molecular weight excluding hydrogens is 230 g/mol. The quantitative estimate of drug-likeness (QED) is 0.726. The lowest BCUT2D eigenvalue weighted by Gasteiger charge is -1.99. The molecule has 0 aliphatic carbocycles. The Kier molecular flexibility index (Phi) is 2.77. The van der Waals surface area contributed by atoms with Gasteiger partial charge in [-0.2, -0.15) is 4.98 Å². The number of aromatic nitrogens is 4. The number of nitrogens with one attached hydrogen (secondary N) is 2. The van der Waals surface area contributed by atoms with Gasteiger partial charge in [-0.3, -0.25) is 0 Å². The molecule has 2 N–H and O–H groups in total. The van der Waals surface area contributed by atoms with Gasteiger partial charge in [-0.05, 0) is 24.6 Å². The summed E-state index contributed by atoms with van der Waals surface area (Å²) in [6.45, 7) is 3.10. The Morgan fingerprint density at radius 2 is 2.33 bits per heavy atom. The van der Waals surface area contributed by atoms with E-state index in [0.29, 0.717) is 18.3 Å². The van der Waals surface area contributed by atoms with Gasteiger partial charge >= 0.3 is 0 Å². The van der Waals surface area contributed by atoms with Gasteiger partial charge in [0.25, 0.3) is 0 Å². The molecule has 6 nitrogen and oxygen atoms in total. The summed E-state index contributed by atoms with van der Waals surface area (Å²) < 4.78 is 5.03. The first-order valence-electron chi connectivity index (χ1n) is 5.74. The monoisotopic (exact) mass is 243 g/mol. The van der Waals surface area contributed by atoms with E-state index in [4.69, 9.17) is 4.52 Å². The smallest absolute Gasteiger partial charge is 0.240 e. The van der Waals surface area contributed by atoms with E-state index >= 15 is 0 Å². The van der Waals surface area contributed by atoms with E-state index in [1.54, 1.807) is 13.1 Å². The lowest BCUT2D eigenvalue weighted by atomic mass is 10.2. The highest BCUT2D eigenvalue weighted by Crippen LogP contribution is 2.15. The number of hydrogen-bond donors (Lipinski definition) is 2. The van der Waals surface area contributed by atoms with Crippen LogP contribution in [0, 0.1) is 6.92 Å². The van der Waals surface area contributed by atoms with E-state index < -0.39 is 0 Å². The van der Waals surface area contributed by atoms with Crippen molar-refractivity contribution in [1.29, 1.82) is 0 Å². The lowest BCUT2D eigenvalue weighted by molar-refractivity contribution is 0.364. The largest absolute Gasteiger partial charge is 0.346 e. The first kappa shape index (κ1) is 10.9. The minimum absolute atomic E-state index is 0.563. The Hall–Kier alpha value is -2.21. The van der Waals surface area contributed by atoms with E-state index in [2.05, 4.69) is 25.4 Å². The van der Waals surface area contributed by atoms with Gasteiger partial charge in [-0.1, -0.05) is 5.16 Å². The minimum Gasteiger partial charge on any atom is -0.346 e. The van der Waals surface area contributed by atoms with Crippen LogP contribution in [-0.2, 0) is 13.1 Å². The molecule has 3 aromatic heterocycles. The summed E-state index contributed by atoms with van der Waals surface area (Å²) in [6.07, 6.45) is 3.74. The van der Waals surface area contributed by atoms with Gasteiger partial charge in [0.05, 0.1) is 6.54 Å². The number of nitrogens with zero attached hydrogens (tertiary/aromatic N) is 3. The summed E-state index contributed by atoms with van der Waals surface area (Å²) in [4.78, 5) is 11.5. The molecule has 18 heavy (non-hydrogen) atoms. The third-order valence-electron chi connectivity index (χ3n) is 2.70. The molecule has 0 spiro atoms. The van der Waals surface area contributed by atoms with E-state index in [1.807, 2.05) is 18.3 Å². The third kappa shape index (κ3) is 2.10. The van der Waals surface area contributed by atoms with Crippen LogP contribution in [-0.4, -0.2) is 20.1 Å². The molecular formula is C12H13N5O. The molecule has 0 amide bonds. The van der Waals surface area contributed by atoms with Gasteiger partial charge in [0.1, 0.15) is 5.65 Å². The predicted molar refractivity (Wildman–Crippen MR) is 65.7 cm³/mol. The zero-order valence-corrected chi connectivity index (χ0v) is 9.97. The van der Waals surface area contributed by atoms with Crippen LogP contribution in [0.1, 0.15) is 17.3 Å². The molecule has 3 aromatic rings. The fourth-order valence-electron chi connectivity index (χ4n) is 1.87. The summed E-state index contributed by atoms with van der Waals surface area (Å²) in [5, 5.41) is 8.14. The Bertz CT molecular complexity index is 657. The fourth-order valence-corrected chi connectivity index (χ4v) is 1.87. The maximum absolute atomic E-state index is 5.03. The lowest BCUT2D eigenvalue weighted by Crippen LogP contribution is -2.12. The van der Waals surface area contributed by atoms with Gasteiger partial charge < -0.3 is 14.8 Å². The Morgan fingerprint density at radius 3 is 3.17 bits per heavy atom. The minimum atomic E-state index is 0.563. The molecule has 0 saturated heterocycles. The summed E-state index contributed by atoms with van der Waals surface area (Å²) >= 11 is 0. The van der Waals surface area contributed by atoms with Crippen molar-refractivity contribution in [2.75, 3.05) is 0 Å².